The van der Waals surface area contributed by atoms with E-state index in [0.29, 0.717) is 0 Å². The van der Waals surface area contributed by atoms with E-state index in [4.69, 9.17) is 9.57 Å². The summed E-state index contributed by atoms with van der Waals surface area (Å²) in [4.78, 5) is 41.4. The van der Waals surface area contributed by atoms with Crippen molar-refractivity contribution < 1.29 is 24.0 Å². The summed E-state index contributed by atoms with van der Waals surface area (Å²) >= 11 is 0. The van der Waals surface area contributed by atoms with E-state index in [1.165, 1.54) is 0 Å². The van der Waals surface area contributed by atoms with Gasteiger partial charge in [0.2, 0.25) is 11.8 Å². The van der Waals surface area contributed by atoms with Crippen molar-refractivity contribution in [2.45, 2.75) is 59.7 Å². The summed E-state index contributed by atoms with van der Waals surface area (Å²) in [6, 6.07) is 9.45. The van der Waals surface area contributed by atoms with E-state index in [1.54, 1.807) is 20.8 Å². The lowest BCUT2D eigenvalue weighted by atomic mass is 9.91. The van der Waals surface area contributed by atoms with Crippen LogP contribution in [0, 0.1) is 11.8 Å². The van der Waals surface area contributed by atoms with Crippen LogP contribution in [0.5, 0.6) is 0 Å². The van der Waals surface area contributed by atoms with Crippen LogP contribution >= 0.6 is 0 Å². The Morgan fingerprint density at radius 2 is 1.71 bits per heavy atom. The minimum absolute atomic E-state index is 0.00469. The second-order valence-corrected chi connectivity index (χ2v) is 7.98. The molecule has 0 aromatic heterocycles. The number of hydrogen-bond acceptors (Lipinski definition) is 5. The maximum Gasteiger partial charge on any atom is 0.308 e. The highest BCUT2D eigenvalue weighted by Gasteiger charge is 2.25. The highest BCUT2D eigenvalue weighted by atomic mass is 16.6. The van der Waals surface area contributed by atoms with E-state index in [0.717, 1.165) is 5.56 Å². The summed E-state index contributed by atoms with van der Waals surface area (Å²) < 4.78 is 5.20. The molecule has 1 atom stereocenters. The van der Waals surface area contributed by atoms with Gasteiger partial charge < -0.3 is 10.1 Å². The van der Waals surface area contributed by atoms with Gasteiger partial charge in [0.15, 0.2) is 0 Å². The summed E-state index contributed by atoms with van der Waals surface area (Å²) in [7, 11) is 0. The van der Waals surface area contributed by atoms with E-state index >= 15 is 0 Å². The molecule has 0 aliphatic heterocycles. The molecule has 1 aromatic rings. The minimum atomic E-state index is -0.556. The molecule has 0 bridgehead atoms. The van der Waals surface area contributed by atoms with Crippen LogP contribution in [-0.2, 0) is 30.6 Å². The van der Waals surface area contributed by atoms with Crippen LogP contribution in [0.2, 0.25) is 0 Å². The molecule has 0 aliphatic rings. The van der Waals surface area contributed by atoms with Crippen LogP contribution in [0.25, 0.3) is 0 Å². The molecule has 1 aromatic carbocycles. The molecule has 1 rings (SSSR count). The number of hydroxylamine groups is 1. The molecule has 1 unspecified atom stereocenters. The van der Waals surface area contributed by atoms with E-state index in [-0.39, 0.29) is 49.7 Å². The topological polar surface area (TPSA) is 93.7 Å². The van der Waals surface area contributed by atoms with Crippen LogP contribution in [0.15, 0.2) is 30.3 Å². The number of hydrogen-bond donors (Lipinski definition) is 2. The molecule has 28 heavy (non-hydrogen) atoms. The minimum Gasteiger partial charge on any atom is -0.460 e. The lowest BCUT2D eigenvalue weighted by Crippen LogP contribution is -2.38. The molecular formula is C21H32N2O5. The third-order valence-electron chi connectivity index (χ3n) is 3.86. The largest absolute Gasteiger partial charge is 0.460 e. The predicted octanol–water partition coefficient (Wildman–Crippen LogP) is 2.74. The van der Waals surface area contributed by atoms with Gasteiger partial charge in [0, 0.05) is 18.9 Å². The van der Waals surface area contributed by atoms with Crippen molar-refractivity contribution in [3.63, 3.8) is 0 Å². The molecule has 0 fully saturated rings. The smallest absolute Gasteiger partial charge is 0.308 e. The van der Waals surface area contributed by atoms with E-state index in [1.807, 2.05) is 44.2 Å². The molecule has 0 spiro atoms. The number of carbonyl (C=O) groups excluding carboxylic acids is 3. The summed E-state index contributed by atoms with van der Waals surface area (Å²) in [5, 5.41) is 2.71. The number of rotatable bonds is 10. The van der Waals surface area contributed by atoms with E-state index in [9.17, 15) is 14.4 Å². The number of nitrogens with one attached hydrogen (secondary N) is 2. The Morgan fingerprint density at radius 3 is 2.29 bits per heavy atom. The number of ether oxygens (including phenoxy) is 1. The maximum atomic E-state index is 12.4. The lowest BCUT2D eigenvalue weighted by molar-refractivity contribution is -0.154. The monoisotopic (exact) mass is 392 g/mol. The SMILES string of the molecule is CC(C)C(CC(=O)NOCc1ccccc1)C(=O)NCCC(=O)OC(C)(C)C. The Kier molecular flexibility index (Phi) is 9.65. The number of esters is 1. The molecule has 0 saturated heterocycles. The van der Waals surface area contributed by atoms with Crippen LogP contribution in [-0.4, -0.2) is 29.9 Å². The van der Waals surface area contributed by atoms with Gasteiger partial charge >= 0.3 is 5.97 Å². The third kappa shape index (κ3) is 10.1. The summed E-state index contributed by atoms with van der Waals surface area (Å²) in [5.74, 6) is -1.56. The Balaban J connectivity index is 2.38. The van der Waals surface area contributed by atoms with Gasteiger partial charge in [0.05, 0.1) is 13.0 Å². The van der Waals surface area contributed by atoms with Crippen LogP contribution in [0.4, 0.5) is 0 Å². The summed E-state index contributed by atoms with van der Waals surface area (Å²) in [6.07, 6.45) is 0.0882. The Morgan fingerprint density at radius 1 is 1.07 bits per heavy atom. The molecule has 0 aliphatic carbocycles. The normalized spacial score (nSPS) is 12.4. The molecule has 156 valence electrons. The van der Waals surface area contributed by atoms with Crippen LogP contribution < -0.4 is 10.8 Å². The first-order valence-corrected chi connectivity index (χ1v) is 9.52. The molecule has 0 radical (unpaired) electrons. The van der Waals surface area contributed by atoms with Gasteiger partial charge in [0.25, 0.3) is 0 Å². The fraction of sp³-hybridized carbons (Fsp3) is 0.571. The first kappa shape index (κ1) is 23.6. The van der Waals surface area contributed by atoms with Gasteiger partial charge in [0.1, 0.15) is 5.60 Å². The van der Waals surface area contributed by atoms with Crippen molar-refractivity contribution in [1.29, 1.82) is 0 Å². The summed E-state index contributed by atoms with van der Waals surface area (Å²) in [6.45, 7) is 9.53. The Bertz CT molecular complexity index is 638. The number of carbonyl (C=O) groups is 3. The van der Waals surface area contributed by atoms with Crippen LogP contribution in [0.1, 0.15) is 53.0 Å². The lowest BCUT2D eigenvalue weighted by Gasteiger charge is -2.21. The van der Waals surface area contributed by atoms with E-state index in [2.05, 4.69) is 10.8 Å². The average Bonchev–Trinajstić information content (AvgIpc) is 2.58. The zero-order valence-corrected chi connectivity index (χ0v) is 17.4. The molecule has 2 N–H and O–H groups in total. The van der Waals surface area contributed by atoms with Crippen LogP contribution in [0.3, 0.4) is 0 Å². The van der Waals surface area contributed by atoms with Gasteiger partial charge in [-0.25, -0.2) is 5.48 Å². The van der Waals surface area contributed by atoms with Gasteiger partial charge in [-0.2, -0.15) is 0 Å². The van der Waals surface area contributed by atoms with Crippen molar-refractivity contribution >= 4 is 17.8 Å². The highest BCUT2D eigenvalue weighted by molar-refractivity contribution is 5.85. The molecule has 0 saturated carbocycles. The molecular weight excluding hydrogens is 360 g/mol. The Hall–Kier alpha value is -2.41. The fourth-order valence-electron chi connectivity index (χ4n) is 2.46. The van der Waals surface area contributed by atoms with Gasteiger partial charge in [-0.15, -0.1) is 0 Å². The first-order valence-electron chi connectivity index (χ1n) is 9.52. The number of amides is 2. The molecule has 7 heteroatoms. The molecule has 2 amide bonds. The van der Waals surface area contributed by atoms with Gasteiger partial charge in [-0.1, -0.05) is 44.2 Å². The Labute approximate surface area is 167 Å². The second-order valence-electron chi connectivity index (χ2n) is 7.98. The van der Waals surface area contributed by atoms with Crippen molar-refractivity contribution in [3.8, 4) is 0 Å². The zero-order valence-electron chi connectivity index (χ0n) is 17.4. The number of benzene rings is 1. The van der Waals surface area contributed by atoms with Crippen molar-refractivity contribution in [2.24, 2.45) is 11.8 Å². The quantitative estimate of drug-likeness (QED) is 0.472. The molecule has 7 nitrogen and oxygen atoms in total. The van der Waals surface area contributed by atoms with E-state index < -0.39 is 11.5 Å². The average molecular weight is 392 g/mol. The van der Waals surface area contributed by atoms with Crippen molar-refractivity contribution in [2.75, 3.05) is 6.54 Å². The molecule has 0 heterocycles. The third-order valence-corrected chi connectivity index (χ3v) is 3.86. The first-order chi connectivity index (χ1) is 13.1. The zero-order chi connectivity index (χ0) is 21.2. The van der Waals surface area contributed by atoms with Crippen molar-refractivity contribution in [1.82, 2.24) is 10.8 Å². The van der Waals surface area contributed by atoms with Gasteiger partial charge in [-0.05, 0) is 32.3 Å². The fourth-order valence-corrected chi connectivity index (χ4v) is 2.46. The standard InChI is InChI=1S/C21H32N2O5/c1-15(2)17(20(26)22-12-11-19(25)28-21(3,4)5)13-18(24)23-27-14-16-9-7-6-8-10-16/h6-10,15,17H,11-14H2,1-5H3,(H,22,26)(H,23,24). The maximum absolute atomic E-state index is 12.4. The highest BCUT2D eigenvalue weighted by Crippen LogP contribution is 2.16. The van der Waals surface area contributed by atoms with Crippen molar-refractivity contribution in [3.05, 3.63) is 35.9 Å². The second kappa shape index (κ2) is 11.4. The predicted molar refractivity (Wildman–Crippen MR) is 106 cm³/mol. The summed E-state index contributed by atoms with van der Waals surface area (Å²) in [5.41, 5.74) is 2.76. The van der Waals surface area contributed by atoms with Gasteiger partial charge in [-0.3, -0.25) is 19.2 Å².